The second kappa shape index (κ2) is 6.65. The van der Waals surface area contributed by atoms with Gasteiger partial charge >= 0.3 is 5.97 Å². The van der Waals surface area contributed by atoms with Crippen molar-refractivity contribution in [2.75, 3.05) is 0 Å². The number of rotatable bonds is 4. The normalized spacial score (nSPS) is 12.1. The van der Waals surface area contributed by atoms with Crippen molar-refractivity contribution in [2.45, 2.75) is 46.8 Å². The van der Waals surface area contributed by atoms with Crippen LogP contribution in [0.4, 0.5) is 0 Å². The first kappa shape index (κ1) is 17.5. The van der Waals surface area contributed by atoms with E-state index >= 15 is 0 Å². The van der Waals surface area contributed by atoms with Crippen LogP contribution in [-0.2, 0) is 29.1 Å². The fourth-order valence-corrected chi connectivity index (χ4v) is 3.86. The SMILES string of the molecule is CCC(=O)OCc1c(C)cc2n(c1=O)Cc1c-2nc2ccccc2c1CC. The Kier molecular flexibility index (Phi) is 4.30. The third-order valence-electron chi connectivity index (χ3n) is 5.31. The van der Waals surface area contributed by atoms with Gasteiger partial charge in [0.1, 0.15) is 6.61 Å². The molecule has 0 saturated heterocycles. The Hall–Kier alpha value is -2.95. The molecule has 0 spiro atoms. The molecule has 0 aliphatic carbocycles. The number of fused-ring (bicyclic) bond motifs is 4. The Morgan fingerprint density at radius 2 is 2.00 bits per heavy atom. The fraction of sp³-hybridized carbons (Fsp3) is 0.318. The molecule has 1 aliphatic rings. The second-order valence-corrected chi connectivity index (χ2v) is 6.88. The van der Waals surface area contributed by atoms with Crippen LogP contribution in [0.15, 0.2) is 35.1 Å². The van der Waals surface area contributed by atoms with Gasteiger partial charge in [-0.2, -0.15) is 0 Å². The van der Waals surface area contributed by atoms with Gasteiger partial charge in [0.2, 0.25) is 0 Å². The Balaban J connectivity index is 1.87. The number of esters is 1. The number of hydrogen-bond donors (Lipinski definition) is 0. The third-order valence-corrected chi connectivity index (χ3v) is 5.31. The smallest absolute Gasteiger partial charge is 0.305 e. The molecule has 0 radical (unpaired) electrons. The molecule has 0 unspecified atom stereocenters. The van der Waals surface area contributed by atoms with Crippen molar-refractivity contribution in [1.29, 1.82) is 0 Å². The van der Waals surface area contributed by atoms with Crippen molar-refractivity contribution < 1.29 is 9.53 Å². The molecular formula is C22H22N2O3. The molecule has 0 amide bonds. The van der Waals surface area contributed by atoms with Crippen LogP contribution in [0.5, 0.6) is 0 Å². The highest BCUT2D eigenvalue weighted by molar-refractivity contribution is 5.88. The van der Waals surface area contributed by atoms with E-state index in [4.69, 9.17) is 9.72 Å². The standard InChI is InChI=1S/C22H22N2O3/c1-4-14-15-8-6-7-9-18(15)23-21-16(14)11-24-19(21)10-13(3)17(22(24)26)12-27-20(25)5-2/h6-10H,4-5,11-12H2,1-3H3. The summed E-state index contributed by atoms with van der Waals surface area (Å²) in [5.41, 5.74) is 6.32. The number of ether oxygens (including phenoxy) is 1. The van der Waals surface area contributed by atoms with Crippen LogP contribution in [0.2, 0.25) is 0 Å². The zero-order chi connectivity index (χ0) is 19.1. The zero-order valence-electron chi connectivity index (χ0n) is 15.8. The number of pyridine rings is 2. The Morgan fingerprint density at radius 1 is 1.22 bits per heavy atom. The first-order valence-electron chi connectivity index (χ1n) is 9.34. The van der Waals surface area contributed by atoms with Crippen molar-refractivity contribution in [3.8, 4) is 11.4 Å². The van der Waals surface area contributed by atoms with Crippen LogP contribution in [0.25, 0.3) is 22.3 Å². The molecule has 5 heteroatoms. The van der Waals surface area contributed by atoms with Gasteiger partial charge in [0.05, 0.1) is 29.0 Å². The third kappa shape index (κ3) is 2.74. The number of nitrogens with zero attached hydrogens (tertiary/aromatic N) is 2. The van der Waals surface area contributed by atoms with Crippen LogP contribution in [-0.4, -0.2) is 15.5 Å². The van der Waals surface area contributed by atoms with Gasteiger partial charge in [-0.3, -0.25) is 9.59 Å². The summed E-state index contributed by atoms with van der Waals surface area (Å²) < 4.78 is 6.98. The minimum absolute atomic E-state index is 0.0179. The Bertz CT molecular complexity index is 1130. The molecule has 5 nitrogen and oxygen atoms in total. The van der Waals surface area contributed by atoms with Gasteiger partial charge in [0, 0.05) is 17.4 Å². The van der Waals surface area contributed by atoms with Gasteiger partial charge in [-0.15, -0.1) is 0 Å². The number of aromatic nitrogens is 2. The summed E-state index contributed by atoms with van der Waals surface area (Å²) in [4.78, 5) is 29.4. The zero-order valence-corrected chi connectivity index (χ0v) is 15.8. The molecular weight excluding hydrogens is 340 g/mol. The molecule has 1 aliphatic heterocycles. The van der Waals surface area contributed by atoms with E-state index in [0.717, 1.165) is 39.8 Å². The van der Waals surface area contributed by atoms with Gasteiger partial charge in [0.25, 0.3) is 5.56 Å². The van der Waals surface area contributed by atoms with E-state index in [2.05, 4.69) is 13.0 Å². The molecule has 27 heavy (non-hydrogen) atoms. The maximum atomic E-state index is 13.1. The van der Waals surface area contributed by atoms with Crippen LogP contribution in [0.3, 0.4) is 0 Å². The minimum Gasteiger partial charge on any atom is -0.461 e. The number of carbonyl (C=O) groups is 1. The highest BCUT2D eigenvalue weighted by atomic mass is 16.5. The molecule has 0 atom stereocenters. The van der Waals surface area contributed by atoms with Gasteiger partial charge in [-0.25, -0.2) is 4.98 Å². The van der Waals surface area contributed by atoms with Crippen molar-refractivity contribution in [3.63, 3.8) is 0 Å². The van der Waals surface area contributed by atoms with Crippen molar-refractivity contribution in [3.05, 3.63) is 62.9 Å². The summed E-state index contributed by atoms with van der Waals surface area (Å²) in [6.45, 7) is 6.29. The van der Waals surface area contributed by atoms with Crippen molar-refractivity contribution >= 4 is 16.9 Å². The number of aryl methyl sites for hydroxylation is 2. The lowest BCUT2D eigenvalue weighted by Gasteiger charge is -2.11. The summed E-state index contributed by atoms with van der Waals surface area (Å²) in [6.07, 6.45) is 1.18. The number of hydrogen-bond acceptors (Lipinski definition) is 4. The summed E-state index contributed by atoms with van der Waals surface area (Å²) >= 11 is 0. The van der Waals surface area contributed by atoms with E-state index in [1.165, 1.54) is 5.56 Å². The largest absolute Gasteiger partial charge is 0.461 e. The van der Waals surface area contributed by atoms with E-state index in [-0.39, 0.29) is 18.1 Å². The lowest BCUT2D eigenvalue weighted by atomic mass is 9.98. The van der Waals surface area contributed by atoms with E-state index in [0.29, 0.717) is 18.5 Å². The monoisotopic (exact) mass is 362 g/mol. The maximum Gasteiger partial charge on any atom is 0.305 e. The van der Waals surface area contributed by atoms with Crippen LogP contribution >= 0.6 is 0 Å². The van der Waals surface area contributed by atoms with E-state index < -0.39 is 0 Å². The predicted molar refractivity (Wildman–Crippen MR) is 105 cm³/mol. The molecule has 3 heterocycles. The second-order valence-electron chi connectivity index (χ2n) is 6.88. The summed E-state index contributed by atoms with van der Waals surface area (Å²) in [7, 11) is 0. The first-order valence-corrected chi connectivity index (χ1v) is 9.34. The van der Waals surface area contributed by atoms with Crippen molar-refractivity contribution in [1.82, 2.24) is 9.55 Å². The quantitative estimate of drug-likeness (QED) is 0.519. The number of para-hydroxylation sites is 1. The molecule has 0 N–H and O–H groups in total. The van der Waals surface area contributed by atoms with E-state index in [1.54, 1.807) is 11.5 Å². The van der Waals surface area contributed by atoms with Gasteiger partial charge in [-0.05, 0) is 36.6 Å². The minimum atomic E-state index is -0.302. The maximum absolute atomic E-state index is 13.1. The van der Waals surface area contributed by atoms with Gasteiger partial charge in [0.15, 0.2) is 0 Å². The predicted octanol–water partition coefficient (Wildman–Crippen LogP) is 3.75. The van der Waals surface area contributed by atoms with E-state index in [9.17, 15) is 9.59 Å². The number of benzene rings is 1. The summed E-state index contributed by atoms with van der Waals surface area (Å²) in [5.74, 6) is -0.302. The molecule has 4 rings (SSSR count). The topological polar surface area (TPSA) is 61.2 Å². The lowest BCUT2D eigenvalue weighted by Crippen LogP contribution is -2.25. The molecule has 138 valence electrons. The summed E-state index contributed by atoms with van der Waals surface area (Å²) in [6, 6.07) is 10.1. The first-order chi connectivity index (χ1) is 13.0. The fourth-order valence-electron chi connectivity index (χ4n) is 3.86. The van der Waals surface area contributed by atoms with Crippen LogP contribution < -0.4 is 5.56 Å². The molecule has 2 aromatic heterocycles. The van der Waals surface area contributed by atoms with Crippen LogP contribution in [0.1, 0.15) is 42.5 Å². The van der Waals surface area contributed by atoms with Crippen LogP contribution in [0, 0.1) is 6.92 Å². The Labute approximate surface area is 157 Å². The molecule has 0 fully saturated rings. The van der Waals surface area contributed by atoms with E-state index in [1.807, 2.05) is 31.2 Å². The molecule has 0 bridgehead atoms. The highest BCUT2D eigenvalue weighted by Gasteiger charge is 2.27. The average Bonchev–Trinajstić information content (AvgIpc) is 3.04. The van der Waals surface area contributed by atoms with Crippen molar-refractivity contribution in [2.24, 2.45) is 0 Å². The lowest BCUT2D eigenvalue weighted by molar-refractivity contribution is -0.144. The molecule has 0 saturated carbocycles. The average molecular weight is 362 g/mol. The van der Waals surface area contributed by atoms with Gasteiger partial charge in [-0.1, -0.05) is 32.0 Å². The molecule has 3 aromatic rings. The summed E-state index contributed by atoms with van der Waals surface area (Å²) in [5, 5.41) is 1.15. The number of carbonyl (C=O) groups excluding carboxylic acids is 1. The van der Waals surface area contributed by atoms with Gasteiger partial charge < -0.3 is 9.30 Å². The highest BCUT2D eigenvalue weighted by Crippen LogP contribution is 2.36. The molecule has 1 aromatic carbocycles. The Morgan fingerprint density at radius 3 is 2.74 bits per heavy atom.